The van der Waals surface area contributed by atoms with E-state index in [1.54, 1.807) is 4.90 Å². The quantitative estimate of drug-likeness (QED) is 0.336. The summed E-state index contributed by atoms with van der Waals surface area (Å²) in [5, 5.41) is 11.0. The average Bonchev–Trinajstić information content (AvgIpc) is 3.40. The number of ether oxygens (including phenoxy) is 2. The van der Waals surface area contributed by atoms with Crippen molar-refractivity contribution >= 4 is 18.2 Å². The van der Waals surface area contributed by atoms with E-state index in [0.717, 1.165) is 31.1 Å². The molecule has 4 fully saturated rings. The van der Waals surface area contributed by atoms with E-state index >= 15 is 0 Å². The van der Waals surface area contributed by atoms with E-state index in [4.69, 9.17) is 9.47 Å². The number of nitrogens with zero attached hydrogens (tertiary/aromatic N) is 1. The maximum atomic E-state index is 13.5. The van der Waals surface area contributed by atoms with Crippen molar-refractivity contribution in [3.8, 4) is 0 Å². The lowest BCUT2D eigenvalue weighted by atomic mass is 9.43. The first kappa shape index (κ1) is 24.7. The number of rotatable bonds is 7. The first-order valence-corrected chi connectivity index (χ1v) is 13.2. The highest BCUT2D eigenvalue weighted by atomic mass is 16.7. The zero-order chi connectivity index (χ0) is 25.3. The molecule has 5 aliphatic rings. The van der Waals surface area contributed by atoms with Crippen molar-refractivity contribution in [2.45, 2.75) is 65.7 Å². The molecule has 0 unspecified atom stereocenters. The minimum absolute atomic E-state index is 0.0209. The van der Waals surface area contributed by atoms with E-state index in [0.29, 0.717) is 24.9 Å². The molecule has 1 N–H and O–H groups in total. The second-order valence-corrected chi connectivity index (χ2v) is 12.1. The Balaban J connectivity index is 1.54. The van der Waals surface area contributed by atoms with Gasteiger partial charge in [-0.15, -0.1) is 0 Å². The largest absolute Gasteiger partial charge is 0.481 e. The summed E-state index contributed by atoms with van der Waals surface area (Å²) in [4.78, 5) is 40.6. The molecule has 192 valence electrons. The number of carbonyl (C=O) groups is 3. The van der Waals surface area contributed by atoms with Crippen molar-refractivity contribution < 1.29 is 29.0 Å². The van der Waals surface area contributed by atoms with Crippen LogP contribution in [0.2, 0.25) is 0 Å². The second kappa shape index (κ2) is 8.27. The molecule has 4 bridgehead atoms. The SMILES string of the molecule is C=CC(=O)N1C[C@H](OC[C@@]23C[C@@H]4[C@H](C)CC[C@H]4[C@@]4(C=O)C[C@@H]2C=C(C(C)C)[C@@]34C(=O)O)OC[C@H]1C. The van der Waals surface area contributed by atoms with Crippen LogP contribution >= 0.6 is 0 Å². The molecular weight excluding hydrogens is 446 g/mol. The van der Waals surface area contributed by atoms with Crippen molar-refractivity contribution in [1.82, 2.24) is 4.90 Å². The van der Waals surface area contributed by atoms with Gasteiger partial charge in [-0.2, -0.15) is 0 Å². The van der Waals surface area contributed by atoms with Gasteiger partial charge in [0, 0.05) is 5.41 Å². The maximum absolute atomic E-state index is 13.5. The highest BCUT2D eigenvalue weighted by Gasteiger charge is 2.84. The summed E-state index contributed by atoms with van der Waals surface area (Å²) in [6, 6.07) is -0.0850. The van der Waals surface area contributed by atoms with Gasteiger partial charge < -0.3 is 24.3 Å². The van der Waals surface area contributed by atoms with Crippen LogP contribution in [0.25, 0.3) is 0 Å². The van der Waals surface area contributed by atoms with E-state index in [9.17, 15) is 19.5 Å². The predicted octanol–water partition coefficient (Wildman–Crippen LogP) is 3.69. The van der Waals surface area contributed by atoms with Crippen molar-refractivity contribution in [3.63, 3.8) is 0 Å². The molecule has 35 heavy (non-hydrogen) atoms. The zero-order valence-corrected chi connectivity index (χ0v) is 21.4. The molecule has 9 atom stereocenters. The number of aldehydes is 1. The van der Waals surface area contributed by atoms with Crippen molar-refractivity contribution in [2.75, 3.05) is 19.8 Å². The number of aliphatic carboxylic acids is 1. The summed E-state index contributed by atoms with van der Waals surface area (Å²) < 4.78 is 12.4. The topological polar surface area (TPSA) is 93.1 Å². The van der Waals surface area contributed by atoms with Crippen LogP contribution in [-0.4, -0.2) is 60.3 Å². The van der Waals surface area contributed by atoms with Gasteiger partial charge in [0.25, 0.3) is 0 Å². The Morgan fingerprint density at radius 1 is 1.31 bits per heavy atom. The van der Waals surface area contributed by atoms with Crippen LogP contribution in [0.15, 0.2) is 24.3 Å². The summed E-state index contributed by atoms with van der Waals surface area (Å²) in [6.45, 7) is 12.7. The van der Waals surface area contributed by atoms with E-state index < -0.39 is 28.5 Å². The van der Waals surface area contributed by atoms with Gasteiger partial charge >= 0.3 is 5.97 Å². The Labute approximate surface area is 207 Å². The molecule has 0 aromatic carbocycles. The Morgan fingerprint density at radius 3 is 2.69 bits per heavy atom. The summed E-state index contributed by atoms with van der Waals surface area (Å²) >= 11 is 0. The van der Waals surface area contributed by atoms with Gasteiger partial charge in [-0.3, -0.25) is 9.59 Å². The molecule has 0 radical (unpaired) electrons. The second-order valence-electron chi connectivity index (χ2n) is 12.1. The third-order valence-corrected chi connectivity index (χ3v) is 10.5. The summed E-state index contributed by atoms with van der Waals surface area (Å²) in [5.74, 6) is -0.179. The van der Waals surface area contributed by atoms with Gasteiger partial charge in [-0.1, -0.05) is 45.4 Å². The van der Waals surface area contributed by atoms with Crippen molar-refractivity contribution in [3.05, 3.63) is 24.3 Å². The number of morpholine rings is 1. The molecular formula is C28H39NO6. The number of amides is 1. The first-order chi connectivity index (χ1) is 16.6. The molecule has 3 saturated carbocycles. The number of fused-ring (bicyclic) bond motifs is 2. The number of carboxylic acids is 1. The monoisotopic (exact) mass is 485 g/mol. The third kappa shape index (κ3) is 2.94. The highest BCUT2D eigenvalue weighted by Crippen LogP contribution is 2.82. The van der Waals surface area contributed by atoms with Gasteiger partial charge in [-0.05, 0) is 61.9 Å². The van der Waals surface area contributed by atoms with E-state index in [-0.39, 0.29) is 42.9 Å². The lowest BCUT2D eigenvalue weighted by Gasteiger charge is -2.58. The lowest BCUT2D eigenvalue weighted by molar-refractivity contribution is -0.227. The van der Waals surface area contributed by atoms with Crippen molar-refractivity contribution in [2.24, 2.45) is 45.8 Å². The number of hydrogen-bond donors (Lipinski definition) is 1. The van der Waals surface area contributed by atoms with Crippen LogP contribution in [-0.2, 0) is 23.9 Å². The fourth-order valence-corrected chi connectivity index (χ4v) is 9.13. The molecule has 1 heterocycles. The van der Waals surface area contributed by atoms with Gasteiger partial charge in [0.1, 0.15) is 11.7 Å². The average molecular weight is 486 g/mol. The minimum atomic E-state index is -1.26. The van der Waals surface area contributed by atoms with Crippen LogP contribution in [0.1, 0.15) is 53.4 Å². The molecule has 0 aromatic heterocycles. The molecule has 7 heteroatoms. The van der Waals surface area contributed by atoms with Gasteiger partial charge in [0.05, 0.1) is 31.2 Å². The number of carbonyl (C=O) groups excluding carboxylic acids is 2. The highest BCUT2D eigenvalue weighted by molar-refractivity contribution is 5.90. The van der Waals surface area contributed by atoms with Gasteiger partial charge in [0.15, 0.2) is 6.29 Å². The fourth-order valence-electron chi connectivity index (χ4n) is 9.13. The smallest absolute Gasteiger partial charge is 0.315 e. The number of allylic oxidation sites excluding steroid dienone is 1. The molecule has 4 aliphatic carbocycles. The summed E-state index contributed by atoms with van der Waals surface area (Å²) in [6.07, 6.45) is 7.14. The Kier molecular flexibility index (Phi) is 5.83. The Morgan fingerprint density at radius 2 is 2.06 bits per heavy atom. The summed E-state index contributed by atoms with van der Waals surface area (Å²) in [5.41, 5.74) is -1.96. The molecule has 0 spiro atoms. The molecule has 0 aromatic rings. The molecule has 7 nitrogen and oxygen atoms in total. The van der Waals surface area contributed by atoms with E-state index in [1.165, 1.54) is 6.08 Å². The van der Waals surface area contributed by atoms with Gasteiger partial charge in [-0.25, -0.2) is 0 Å². The Hall–Kier alpha value is -1.99. The van der Waals surface area contributed by atoms with Crippen molar-refractivity contribution in [1.29, 1.82) is 0 Å². The minimum Gasteiger partial charge on any atom is -0.481 e. The van der Waals surface area contributed by atoms with Crippen LogP contribution in [0.5, 0.6) is 0 Å². The molecule has 1 aliphatic heterocycles. The summed E-state index contributed by atoms with van der Waals surface area (Å²) in [7, 11) is 0. The van der Waals surface area contributed by atoms with Gasteiger partial charge in [0.2, 0.25) is 5.91 Å². The van der Waals surface area contributed by atoms with Crippen LogP contribution in [0.3, 0.4) is 0 Å². The first-order valence-electron chi connectivity index (χ1n) is 13.2. The Bertz CT molecular complexity index is 974. The molecule has 1 amide bonds. The normalized spacial score (nSPS) is 45.9. The molecule has 5 rings (SSSR count). The standard InChI is InChI=1S/C28H39NO6/c1-6-23(31)29-12-24(34-13-18(29)5)35-15-27-11-20-17(4)7-8-21(20)26(14-30)10-19(27)9-22(16(2)3)28(26,27)25(32)33/h6,9,14,16-21,24H,1,7-8,10-13,15H2,2-5H3,(H,32,33)/t17-,18-,19+,20-,21-,24+,26+,27+,28+/m1/s1. The third-order valence-electron chi connectivity index (χ3n) is 10.5. The lowest BCUT2D eigenvalue weighted by Crippen LogP contribution is -2.64. The number of carboxylic acid groups (broad SMARTS) is 1. The number of hydrogen-bond acceptors (Lipinski definition) is 5. The predicted molar refractivity (Wildman–Crippen MR) is 129 cm³/mol. The van der Waals surface area contributed by atoms with Crippen LogP contribution < -0.4 is 0 Å². The van der Waals surface area contributed by atoms with Crippen LogP contribution in [0, 0.1) is 45.8 Å². The zero-order valence-electron chi connectivity index (χ0n) is 21.4. The van der Waals surface area contributed by atoms with Crippen LogP contribution in [0.4, 0.5) is 0 Å². The van der Waals surface area contributed by atoms with E-state index in [2.05, 4.69) is 19.6 Å². The molecule has 1 saturated heterocycles. The maximum Gasteiger partial charge on any atom is 0.315 e. The van der Waals surface area contributed by atoms with E-state index in [1.807, 2.05) is 20.8 Å². The fraction of sp³-hybridized carbons (Fsp3) is 0.750.